The molecule has 4 rings (SSSR count). The fourth-order valence-electron chi connectivity index (χ4n) is 2.58. The van der Waals surface area contributed by atoms with Crippen molar-refractivity contribution in [1.82, 2.24) is 4.98 Å². The van der Waals surface area contributed by atoms with Gasteiger partial charge in [0.05, 0.1) is 17.5 Å². The number of nitrogens with zero attached hydrogens (tertiary/aromatic N) is 1. The van der Waals surface area contributed by atoms with Gasteiger partial charge in [-0.1, -0.05) is 12.1 Å². The summed E-state index contributed by atoms with van der Waals surface area (Å²) in [5.41, 5.74) is 3.33. The summed E-state index contributed by atoms with van der Waals surface area (Å²) in [5, 5.41) is 9.86. The zero-order valence-electron chi connectivity index (χ0n) is 11.0. The van der Waals surface area contributed by atoms with Gasteiger partial charge in [-0.3, -0.25) is 0 Å². The molecule has 0 unspecified atom stereocenters. The number of rotatable bonds is 2. The van der Waals surface area contributed by atoms with Crippen molar-refractivity contribution in [3.8, 4) is 21.8 Å². The summed E-state index contributed by atoms with van der Waals surface area (Å²) in [7, 11) is 0. The van der Waals surface area contributed by atoms with E-state index in [1.54, 1.807) is 29.7 Å². The van der Waals surface area contributed by atoms with Gasteiger partial charge in [-0.2, -0.15) is 0 Å². The minimum absolute atomic E-state index is 0.289. The summed E-state index contributed by atoms with van der Waals surface area (Å²) in [6.07, 6.45) is 3.57. The normalized spacial score (nSPS) is 12.8. The number of aromatic carboxylic acids is 1. The fourth-order valence-corrected chi connectivity index (χ4v) is 3.66. The highest BCUT2D eigenvalue weighted by Gasteiger charge is 2.23. The van der Waals surface area contributed by atoms with Gasteiger partial charge in [0.2, 0.25) is 0 Å². The van der Waals surface area contributed by atoms with Gasteiger partial charge in [-0.15, -0.1) is 11.3 Å². The van der Waals surface area contributed by atoms with E-state index in [4.69, 9.17) is 14.5 Å². The lowest BCUT2D eigenvalue weighted by Crippen LogP contribution is -1.98. The fraction of sp³-hybridized carbons (Fsp3) is 0.125. The van der Waals surface area contributed by atoms with Crippen molar-refractivity contribution in [2.45, 2.75) is 12.8 Å². The van der Waals surface area contributed by atoms with Crippen molar-refractivity contribution in [3.63, 3.8) is 0 Å². The van der Waals surface area contributed by atoms with Crippen LogP contribution in [0.5, 0.6) is 0 Å². The van der Waals surface area contributed by atoms with Gasteiger partial charge >= 0.3 is 5.97 Å². The Bertz CT molecular complexity index is 830. The number of aromatic nitrogens is 1. The summed E-state index contributed by atoms with van der Waals surface area (Å²) in [5.74, 6) is 0.0867. The van der Waals surface area contributed by atoms with Crippen molar-refractivity contribution in [2.75, 3.05) is 0 Å². The first-order chi connectivity index (χ1) is 10.2. The van der Waals surface area contributed by atoms with E-state index in [-0.39, 0.29) is 5.56 Å². The molecular formula is C16H11NO3S. The molecule has 0 spiro atoms. The molecule has 2 heterocycles. The maximum Gasteiger partial charge on any atom is 0.335 e. The van der Waals surface area contributed by atoms with Crippen molar-refractivity contribution in [2.24, 2.45) is 0 Å². The van der Waals surface area contributed by atoms with E-state index >= 15 is 0 Å². The second-order valence-corrected chi connectivity index (χ2v) is 6.01. The molecule has 0 atom stereocenters. The molecule has 0 fully saturated rings. The lowest BCUT2D eigenvalue weighted by atomic mass is 10.0. The van der Waals surface area contributed by atoms with E-state index in [9.17, 15) is 4.79 Å². The Morgan fingerprint density at radius 2 is 2.00 bits per heavy atom. The van der Waals surface area contributed by atoms with Gasteiger partial charge in [0, 0.05) is 22.4 Å². The molecule has 0 radical (unpaired) electrons. The highest BCUT2D eigenvalue weighted by Crippen LogP contribution is 2.39. The molecule has 4 nitrogen and oxygen atoms in total. The Hall–Kier alpha value is -2.40. The van der Waals surface area contributed by atoms with Gasteiger partial charge in [0.15, 0.2) is 0 Å². The van der Waals surface area contributed by atoms with Gasteiger partial charge in [0.25, 0.3) is 0 Å². The number of furan rings is 1. The third-order valence-electron chi connectivity index (χ3n) is 3.66. The average Bonchev–Trinajstić information content (AvgIpc) is 3.12. The molecule has 1 aromatic carbocycles. The molecule has 0 bridgehead atoms. The van der Waals surface area contributed by atoms with Crippen LogP contribution in [0.15, 0.2) is 41.0 Å². The molecule has 2 aromatic heterocycles. The number of carbonyl (C=O) groups is 1. The van der Waals surface area contributed by atoms with Crippen LogP contribution in [0.2, 0.25) is 0 Å². The second kappa shape index (κ2) is 4.56. The first-order valence-corrected chi connectivity index (χ1v) is 7.44. The highest BCUT2D eigenvalue weighted by atomic mass is 32.1. The molecule has 21 heavy (non-hydrogen) atoms. The Balaban J connectivity index is 1.77. The predicted molar refractivity (Wildman–Crippen MR) is 79.6 cm³/mol. The van der Waals surface area contributed by atoms with Crippen molar-refractivity contribution < 1.29 is 14.3 Å². The van der Waals surface area contributed by atoms with Crippen LogP contribution in [0.1, 0.15) is 21.0 Å². The van der Waals surface area contributed by atoms with E-state index in [0.29, 0.717) is 0 Å². The first kappa shape index (κ1) is 12.3. The van der Waals surface area contributed by atoms with Gasteiger partial charge < -0.3 is 9.52 Å². The van der Waals surface area contributed by atoms with E-state index < -0.39 is 5.97 Å². The topological polar surface area (TPSA) is 63.3 Å². The Labute approximate surface area is 124 Å². The van der Waals surface area contributed by atoms with Crippen molar-refractivity contribution in [3.05, 3.63) is 52.8 Å². The summed E-state index contributed by atoms with van der Waals surface area (Å²) < 4.78 is 5.47. The molecule has 1 aliphatic carbocycles. The largest absolute Gasteiger partial charge is 0.478 e. The third-order valence-corrected chi connectivity index (χ3v) is 4.82. The minimum atomic E-state index is -0.914. The summed E-state index contributed by atoms with van der Waals surface area (Å²) in [6.45, 7) is 0. The maximum absolute atomic E-state index is 10.9. The molecule has 5 heteroatoms. The smallest absolute Gasteiger partial charge is 0.335 e. The lowest BCUT2D eigenvalue weighted by Gasteiger charge is -2.07. The Kier molecular flexibility index (Phi) is 2.68. The molecule has 0 amide bonds. The van der Waals surface area contributed by atoms with Crippen LogP contribution >= 0.6 is 11.3 Å². The molecular weight excluding hydrogens is 286 g/mol. The van der Waals surface area contributed by atoms with Gasteiger partial charge in [-0.25, -0.2) is 9.78 Å². The quantitative estimate of drug-likeness (QED) is 0.780. The summed E-state index contributed by atoms with van der Waals surface area (Å²) >= 11 is 1.67. The van der Waals surface area contributed by atoms with E-state index in [0.717, 1.165) is 40.4 Å². The van der Waals surface area contributed by atoms with Crippen LogP contribution in [0.3, 0.4) is 0 Å². The Morgan fingerprint density at radius 3 is 2.76 bits per heavy atom. The van der Waals surface area contributed by atoms with Crippen LogP contribution < -0.4 is 0 Å². The standard InChI is InChI=1S/C16H11NO3S/c18-16(19)10-3-1-9(2-4-10)15-17-14-11-7-8-20-12(11)5-6-13(14)21-15/h1-4,7-8H,5-6H2,(H,18,19). The third kappa shape index (κ3) is 1.97. The zero-order valence-corrected chi connectivity index (χ0v) is 11.8. The van der Waals surface area contributed by atoms with Gasteiger partial charge in [0.1, 0.15) is 10.8 Å². The number of benzene rings is 1. The molecule has 0 saturated carbocycles. The number of carboxylic acid groups (broad SMARTS) is 1. The molecule has 3 aromatic rings. The SMILES string of the molecule is O=C(O)c1ccc(-c2nc3c(s2)CCc2occc2-3)cc1. The van der Waals surface area contributed by atoms with Crippen LogP contribution in [-0.4, -0.2) is 16.1 Å². The van der Waals surface area contributed by atoms with Crippen molar-refractivity contribution in [1.29, 1.82) is 0 Å². The van der Waals surface area contributed by atoms with Crippen molar-refractivity contribution >= 4 is 17.3 Å². The Morgan fingerprint density at radius 1 is 1.19 bits per heavy atom. The monoisotopic (exact) mass is 297 g/mol. The van der Waals surface area contributed by atoms with E-state index in [1.165, 1.54) is 4.88 Å². The summed E-state index contributed by atoms with van der Waals surface area (Å²) in [4.78, 5) is 16.9. The second-order valence-electron chi connectivity index (χ2n) is 4.93. The molecule has 1 N–H and O–H groups in total. The minimum Gasteiger partial charge on any atom is -0.478 e. The average molecular weight is 297 g/mol. The molecule has 0 aliphatic heterocycles. The van der Waals surface area contributed by atoms with Crippen LogP contribution in [0, 0.1) is 0 Å². The molecule has 1 aliphatic rings. The maximum atomic E-state index is 10.9. The first-order valence-electron chi connectivity index (χ1n) is 6.62. The number of aryl methyl sites for hydroxylation is 2. The molecule has 0 saturated heterocycles. The van der Waals surface area contributed by atoms with Crippen LogP contribution in [0.4, 0.5) is 0 Å². The summed E-state index contributed by atoms with van der Waals surface area (Å²) in [6, 6.07) is 8.81. The number of carboxylic acids is 1. The molecule has 104 valence electrons. The number of fused-ring (bicyclic) bond motifs is 3. The van der Waals surface area contributed by atoms with Gasteiger partial charge in [-0.05, 0) is 24.6 Å². The van der Waals surface area contributed by atoms with Crippen LogP contribution in [0.25, 0.3) is 21.8 Å². The zero-order chi connectivity index (χ0) is 14.4. The number of thiazole rings is 1. The highest BCUT2D eigenvalue weighted by molar-refractivity contribution is 7.15. The van der Waals surface area contributed by atoms with Crippen LogP contribution in [-0.2, 0) is 12.8 Å². The predicted octanol–water partition coefficient (Wildman–Crippen LogP) is 3.87. The number of hydrogen-bond donors (Lipinski definition) is 1. The number of hydrogen-bond acceptors (Lipinski definition) is 4. The lowest BCUT2D eigenvalue weighted by molar-refractivity contribution is 0.0697. The van der Waals surface area contributed by atoms with E-state index in [1.807, 2.05) is 18.2 Å². The van der Waals surface area contributed by atoms with E-state index in [2.05, 4.69) is 0 Å².